The molecule has 1 heterocycles. The van der Waals surface area contributed by atoms with Gasteiger partial charge in [0.25, 0.3) is 0 Å². The number of likely N-dealkylation sites (N-methyl/N-ethyl adjacent to an activating group) is 2. The first-order chi connectivity index (χ1) is 26.5. The lowest BCUT2D eigenvalue weighted by Crippen LogP contribution is -2.60. The van der Waals surface area contributed by atoms with Crippen LogP contribution < -0.4 is 10.6 Å². The first kappa shape index (κ1) is 47.9. The molecule has 2 rings (SSSR count). The Balaban J connectivity index is 2.34. The number of ether oxygens (including phenoxy) is 3. The van der Waals surface area contributed by atoms with Crippen molar-refractivity contribution >= 4 is 29.6 Å². The van der Waals surface area contributed by atoms with Crippen LogP contribution in [0.5, 0.6) is 0 Å². The van der Waals surface area contributed by atoms with Crippen molar-refractivity contribution in [2.24, 2.45) is 22.9 Å². The van der Waals surface area contributed by atoms with E-state index in [1.54, 1.807) is 44.8 Å². The number of esters is 1. The highest BCUT2D eigenvalue weighted by Crippen LogP contribution is 2.30. The highest BCUT2D eigenvalue weighted by atomic mass is 16.5. The van der Waals surface area contributed by atoms with Crippen LogP contribution in [0, 0.1) is 17.8 Å². The number of azide groups is 1. The molecule has 0 saturated carbocycles. The molecule has 0 radical (unpaired) electrons. The summed E-state index contributed by atoms with van der Waals surface area (Å²) in [6, 6.07) is 4.74. The maximum Gasteiger partial charge on any atom is 0.328 e. The first-order valence-electron chi connectivity index (χ1n) is 19.5. The summed E-state index contributed by atoms with van der Waals surface area (Å²) in [5.41, 5.74) is 10.1. The lowest BCUT2D eigenvalue weighted by molar-refractivity contribution is -0.148. The Hall–Kier alpha value is -4.24. The zero-order chi connectivity index (χ0) is 42.3. The molecular formula is C40H66N8O8. The maximum absolute atomic E-state index is 14.3. The number of carbonyl (C=O) groups is 5. The molecule has 0 spiro atoms. The van der Waals surface area contributed by atoms with Crippen molar-refractivity contribution < 1.29 is 38.2 Å². The van der Waals surface area contributed by atoms with Gasteiger partial charge in [-0.25, -0.2) is 4.79 Å². The number of likely N-dealkylation sites (tertiary alicyclic amines) is 1. The largest absolute Gasteiger partial charge is 0.467 e. The second-order valence-corrected chi connectivity index (χ2v) is 15.4. The van der Waals surface area contributed by atoms with E-state index in [1.165, 1.54) is 26.2 Å². The number of carbonyl (C=O) groups excluding carboxylic acids is 5. The minimum Gasteiger partial charge on any atom is -0.467 e. The SMILES string of the molecule is CC[C@H](C)[C@@H]([C@@H](CC(=O)N1CCC[C@H]1[C@H](OC)[C@@H](C)C(=O)N[C@@H](Cc1ccccc1)C(=O)OC)OC)N(C)C(=O)[C@@H](NC(=O)[C@H](C(C)C)N(C)C)C(C)N=[N+]=[N-]. The number of nitrogens with one attached hydrogen (secondary N) is 2. The maximum atomic E-state index is 14.3. The zero-order valence-electron chi connectivity index (χ0n) is 35.4. The molecule has 2 N–H and O–H groups in total. The third-order valence-corrected chi connectivity index (χ3v) is 11.1. The van der Waals surface area contributed by atoms with Gasteiger partial charge in [-0.3, -0.25) is 24.1 Å². The number of rotatable bonds is 22. The summed E-state index contributed by atoms with van der Waals surface area (Å²) >= 11 is 0. The molecular weight excluding hydrogens is 720 g/mol. The van der Waals surface area contributed by atoms with E-state index in [0.29, 0.717) is 25.8 Å². The predicted octanol–water partition coefficient (Wildman–Crippen LogP) is 3.58. The molecule has 10 atom stereocenters. The van der Waals surface area contributed by atoms with Gasteiger partial charge in [0.1, 0.15) is 12.1 Å². The molecule has 0 aliphatic carbocycles. The highest BCUT2D eigenvalue weighted by molar-refractivity contribution is 5.91. The number of hydrogen-bond donors (Lipinski definition) is 2. The Labute approximate surface area is 332 Å². The summed E-state index contributed by atoms with van der Waals surface area (Å²) < 4.78 is 16.9. The van der Waals surface area contributed by atoms with E-state index in [2.05, 4.69) is 20.7 Å². The molecule has 1 fully saturated rings. The number of nitrogens with zero attached hydrogens (tertiary/aromatic N) is 6. The average Bonchev–Trinajstić information content (AvgIpc) is 3.65. The van der Waals surface area contributed by atoms with Gasteiger partial charge in [-0.2, -0.15) is 0 Å². The van der Waals surface area contributed by atoms with E-state index >= 15 is 0 Å². The summed E-state index contributed by atoms with van der Waals surface area (Å²) in [6.07, 6.45) is 0.682. The molecule has 1 aliphatic rings. The quantitative estimate of drug-likeness (QED) is 0.0765. The van der Waals surface area contributed by atoms with E-state index < -0.39 is 72.2 Å². The van der Waals surface area contributed by atoms with Crippen molar-refractivity contribution in [2.45, 2.75) is 122 Å². The number of benzene rings is 1. The number of hydrogen-bond acceptors (Lipinski definition) is 10. The minimum atomic E-state index is -1.17. The normalized spacial score (nSPS) is 19.0. The summed E-state index contributed by atoms with van der Waals surface area (Å²) in [5.74, 6) is -2.98. The predicted molar refractivity (Wildman–Crippen MR) is 213 cm³/mol. The Morgan fingerprint density at radius 3 is 2.12 bits per heavy atom. The van der Waals surface area contributed by atoms with Crippen molar-refractivity contribution in [3.8, 4) is 0 Å². The number of methoxy groups -OCH3 is 3. The van der Waals surface area contributed by atoms with Crippen LogP contribution in [-0.2, 0) is 44.6 Å². The Morgan fingerprint density at radius 1 is 0.964 bits per heavy atom. The van der Waals surface area contributed by atoms with Crippen LogP contribution in [0.2, 0.25) is 0 Å². The smallest absolute Gasteiger partial charge is 0.328 e. The van der Waals surface area contributed by atoms with Crippen LogP contribution in [0.15, 0.2) is 35.4 Å². The second-order valence-electron chi connectivity index (χ2n) is 15.4. The minimum absolute atomic E-state index is 0.0640. The van der Waals surface area contributed by atoms with Crippen LogP contribution in [0.25, 0.3) is 10.4 Å². The standard InChI is InChI=1S/C40H66N8O8/c1-13-25(4)35(47(9)39(52)33(27(6)44-45-41)43-38(51)34(24(2)3)46(7)8)31(54-10)23-32(49)48-21-17-20-30(48)36(55-11)26(5)37(50)42-29(40(53)56-12)22-28-18-15-14-16-19-28/h14-16,18-19,24-27,29-31,33-36H,13,17,20-23H2,1-12H3,(H,42,50)(H,43,51)/t25-,26+,27?,29-,30-,31+,33-,34-,35-,36+/m0/s1. The molecule has 314 valence electrons. The third-order valence-electron chi connectivity index (χ3n) is 11.1. The van der Waals surface area contributed by atoms with Crippen molar-refractivity contribution in [3.05, 3.63) is 46.3 Å². The molecule has 0 aromatic heterocycles. The number of amides is 4. The monoisotopic (exact) mass is 787 g/mol. The van der Waals surface area contributed by atoms with Crippen LogP contribution in [-0.4, -0.2) is 142 Å². The van der Waals surface area contributed by atoms with Gasteiger partial charge in [0.15, 0.2) is 0 Å². The topological polar surface area (TPSA) is 196 Å². The highest BCUT2D eigenvalue weighted by Gasteiger charge is 2.43. The lowest BCUT2D eigenvalue weighted by atomic mass is 9.89. The van der Waals surface area contributed by atoms with Gasteiger partial charge in [-0.1, -0.05) is 83.4 Å². The second kappa shape index (κ2) is 23.1. The van der Waals surface area contributed by atoms with Crippen LogP contribution in [0.3, 0.4) is 0 Å². The molecule has 16 nitrogen and oxygen atoms in total. The molecule has 4 amide bonds. The molecule has 1 aromatic rings. The van der Waals surface area contributed by atoms with Crippen molar-refractivity contribution in [3.63, 3.8) is 0 Å². The van der Waals surface area contributed by atoms with Crippen molar-refractivity contribution in [1.82, 2.24) is 25.3 Å². The molecule has 1 unspecified atom stereocenters. The van der Waals surface area contributed by atoms with Crippen LogP contribution in [0.4, 0.5) is 0 Å². The van der Waals surface area contributed by atoms with Gasteiger partial charge in [-0.15, -0.1) is 0 Å². The van der Waals surface area contributed by atoms with Crippen LogP contribution in [0.1, 0.15) is 72.8 Å². The average molecular weight is 787 g/mol. The first-order valence-corrected chi connectivity index (χ1v) is 19.5. The van der Waals surface area contributed by atoms with Gasteiger partial charge < -0.3 is 34.6 Å². The summed E-state index contributed by atoms with van der Waals surface area (Å²) in [5, 5.41) is 9.47. The fourth-order valence-electron chi connectivity index (χ4n) is 7.92. The van der Waals surface area contributed by atoms with E-state index in [4.69, 9.17) is 14.2 Å². The summed E-state index contributed by atoms with van der Waals surface area (Å²) in [6.45, 7) is 11.5. The Kier molecular flexibility index (Phi) is 19.8. The molecule has 1 aromatic carbocycles. The fraction of sp³-hybridized carbons (Fsp3) is 0.725. The fourth-order valence-corrected chi connectivity index (χ4v) is 7.92. The van der Waals surface area contributed by atoms with Crippen molar-refractivity contribution in [1.29, 1.82) is 0 Å². The van der Waals surface area contributed by atoms with Crippen molar-refractivity contribution in [2.75, 3.05) is 49.0 Å². The van der Waals surface area contributed by atoms with E-state index in [9.17, 15) is 29.5 Å². The molecule has 0 bridgehead atoms. The van der Waals surface area contributed by atoms with E-state index in [-0.39, 0.29) is 36.5 Å². The van der Waals surface area contributed by atoms with Crippen LogP contribution >= 0.6 is 0 Å². The van der Waals surface area contributed by atoms with Gasteiger partial charge in [0, 0.05) is 39.1 Å². The Morgan fingerprint density at radius 2 is 1.61 bits per heavy atom. The molecule has 1 saturated heterocycles. The van der Waals surface area contributed by atoms with Gasteiger partial charge in [-0.05, 0) is 49.9 Å². The molecule has 16 heteroatoms. The lowest BCUT2D eigenvalue weighted by Gasteiger charge is -2.41. The zero-order valence-corrected chi connectivity index (χ0v) is 35.4. The third kappa shape index (κ3) is 12.6. The molecule has 1 aliphatic heterocycles. The van der Waals surface area contributed by atoms with Gasteiger partial charge in [0.2, 0.25) is 23.6 Å². The molecule has 56 heavy (non-hydrogen) atoms. The van der Waals surface area contributed by atoms with Gasteiger partial charge in [0.05, 0.1) is 55.8 Å². The van der Waals surface area contributed by atoms with E-state index in [1.807, 2.05) is 58.0 Å². The summed E-state index contributed by atoms with van der Waals surface area (Å²) in [7, 11) is 9.46. The Bertz CT molecular complexity index is 1480. The summed E-state index contributed by atoms with van der Waals surface area (Å²) in [4.78, 5) is 76.3. The van der Waals surface area contributed by atoms with Gasteiger partial charge >= 0.3 is 5.97 Å². The van der Waals surface area contributed by atoms with E-state index in [0.717, 1.165) is 5.56 Å².